The van der Waals surface area contributed by atoms with Crippen molar-refractivity contribution in [1.29, 1.82) is 0 Å². The first-order chi connectivity index (χ1) is 10.9. The highest BCUT2D eigenvalue weighted by Gasteiger charge is 2.22. The molecule has 0 aliphatic carbocycles. The van der Waals surface area contributed by atoms with Crippen molar-refractivity contribution in [2.24, 2.45) is 5.73 Å². The number of benzene rings is 1. The lowest BCUT2D eigenvalue weighted by atomic mass is 10.0. The highest BCUT2D eigenvalue weighted by Crippen LogP contribution is 2.28. The van der Waals surface area contributed by atoms with Crippen LogP contribution in [0.2, 0.25) is 0 Å². The number of anilines is 1. The number of carbonyl (C=O) groups excluding carboxylic acids is 1. The molecule has 1 amide bonds. The molecule has 1 aliphatic rings. The monoisotopic (exact) mass is 322 g/mol. The quantitative estimate of drug-likeness (QED) is 0.862. The minimum atomic E-state index is -0.581. The number of hydrogen-bond acceptors (Lipinski definition) is 4. The molecular weight excluding hydrogens is 295 g/mol. The molecule has 0 bridgehead atoms. The first-order valence-electron chi connectivity index (χ1n) is 8.25. The van der Waals surface area contributed by atoms with Crippen LogP contribution in [0.5, 0.6) is 0 Å². The van der Waals surface area contributed by atoms with Gasteiger partial charge in [-0.05, 0) is 38.6 Å². The summed E-state index contributed by atoms with van der Waals surface area (Å²) in [6, 6.07) is 3.92. The second-order valence-electron chi connectivity index (χ2n) is 6.14. The molecular formula is C17H27FN4O. The molecule has 3 N–H and O–H groups in total. The number of carbonyl (C=O) groups is 1. The molecule has 6 heteroatoms. The predicted molar refractivity (Wildman–Crippen MR) is 90.9 cm³/mol. The molecule has 1 aromatic carbocycles. The number of piperazine rings is 1. The van der Waals surface area contributed by atoms with Crippen molar-refractivity contribution >= 4 is 11.6 Å². The van der Waals surface area contributed by atoms with E-state index in [9.17, 15) is 9.18 Å². The third-order valence-corrected chi connectivity index (χ3v) is 4.39. The molecule has 0 radical (unpaired) electrons. The molecule has 2 unspecified atom stereocenters. The first-order valence-corrected chi connectivity index (χ1v) is 8.25. The molecule has 1 aliphatic heterocycles. The van der Waals surface area contributed by atoms with E-state index in [0.29, 0.717) is 0 Å². The summed E-state index contributed by atoms with van der Waals surface area (Å²) in [7, 11) is 0. The molecule has 1 saturated heterocycles. The van der Waals surface area contributed by atoms with E-state index in [1.807, 2.05) is 6.92 Å². The third-order valence-electron chi connectivity index (χ3n) is 4.39. The molecule has 23 heavy (non-hydrogen) atoms. The minimum Gasteiger partial charge on any atom is -0.369 e. The molecule has 2 atom stereocenters. The summed E-state index contributed by atoms with van der Waals surface area (Å²) in [5.41, 5.74) is 7.38. The molecule has 1 aromatic rings. The van der Waals surface area contributed by atoms with Gasteiger partial charge in [0, 0.05) is 37.4 Å². The van der Waals surface area contributed by atoms with Crippen molar-refractivity contribution < 1.29 is 9.18 Å². The predicted octanol–water partition coefficient (Wildman–Crippen LogP) is 1.49. The maximum atomic E-state index is 13.7. The maximum absolute atomic E-state index is 13.7. The Balaban J connectivity index is 2.19. The average molecular weight is 322 g/mol. The SMILES string of the molecule is CCN1CCN(c2ccc(F)cc2C(C)NC(=O)C(C)N)CC1. The van der Waals surface area contributed by atoms with E-state index >= 15 is 0 Å². The zero-order valence-corrected chi connectivity index (χ0v) is 14.2. The van der Waals surface area contributed by atoms with E-state index in [2.05, 4.69) is 22.0 Å². The highest BCUT2D eigenvalue weighted by molar-refractivity contribution is 5.81. The second kappa shape index (κ2) is 7.75. The molecule has 5 nitrogen and oxygen atoms in total. The Morgan fingerprint density at radius 2 is 1.96 bits per heavy atom. The summed E-state index contributed by atoms with van der Waals surface area (Å²) >= 11 is 0. The van der Waals surface area contributed by atoms with Gasteiger partial charge in [-0.15, -0.1) is 0 Å². The van der Waals surface area contributed by atoms with Crippen LogP contribution >= 0.6 is 0 Å². The second-order valence-corrected chi connectivity index (χ2v) is 6.14. The van der Waals surface area contributed by atoms with E-state index in [4.69, 9.17) is 5.73 Å². The smallest absolute Gasteiger partial charge is 0.237 e. The molecule has 1 heterocycles. The fourth-order valence-corrected chi connectivity index (χ4v) is 2.89. The van der Waals surface area contributed by atoms with Crippen LogP contribution in [-0.2, 0) is 4.79 Å². The summed E-state index contributed by atoms with van der Waals surface area (Å²) in [5, 5.41) is 2.85. The molecule has 0 saturated carbocycles. The van der Waals surface area contributed by atoms with E-state index in [1.165, 1.54) is 12.1 Å². The Labute approximate surface area is 137 Å². The van der Waals surface area contributed by atoms with Crippen molar-refractivity contribution in [2.45, 2.75) is 32.9 Å². The lowest BCUT2D eigenvalue weighted by Crippen LogP contribution is -2.47. The topological polar surface area (TPSA) is 61.6 Å². The van der Waals surface area contributed by atoms with Gasteiger partial charge >= 0.3 is 0 Å². The summed E-state index contributed by atoms with van der Waals surface area (Å²) in [6.45, 7) is 10.5. The number of likely N-dealkylation sites (N-methyl/N-ethyl adjacent to an activating group) is 1. The summed E-state index contributed by atoms with van der Waals surface area (Å²) in [4.78, 5) is 16.5. The van der Waals surface area contributed by atoms with Crippen LogP contribution in [0.3, 0.4) is 0 Å². The number of halogens is 1. The van der Waals surface area contributed by atoms with Crippen LogP contribution in [0.15, 0.2) is 18.2 Å². The van der Waals surface area contributed by atoms with Crippen LogP contribution in [-0.4, -0.2) is 49.6 Å². The van der Waals surface area contributed by atoms with Crippen molar-refractivity contribution in [3.05, 3.63) is 29.6 Å². The van der Waals surface area contributed by atoms with E-state index in [-0.39, 0.29) is 17.8 Å². The highest BCUT2D eigenvalue weighted by atomic mass is 19.1. The lowest BCUT2D eigenvalue weighted by molar-refractivity contribution is -0.122. The van der Waals surface area contributed by atoms with Crippen LogP contribution in [0.25, 0.3) is 0 Å². The Morgan fingerprint density at radius 1 is 1.30 bits per heavy atom. The molecule has 0 spiro atoms. The Morgan fingerprint density at radius 3 is 2.52 bits per heavy atom. The third kappa shape index (κ3) is 4.42. The number of nitrogens with one attached hydrogen (secondary N) is 1. The van der Waals surface area contributed by atoms with Crippen molar-refractivity contribution in [3.8, 4) is 0 Å². The van der Waals surface area contributed by atoms with Crippen LogP contribution < -0.4 is 16.0 Å². The van der Waals surface area contributed by atoms with Gasteiger partial charge in [-0.2, -0.15) is 0 Å². The van der Waals surface area contributed by atoms with Gasteiger partial charge < -0.3 is 20.9 Å². The van der Waals surface area contributed by atoms with Crippen LogP contribution in [0.4, 0.5) is 10.1 Å². The Bertz CT molecular complexity index is 541. The van der Waals surface area contributed by atoms with E-state index in [0.717, 1.165) is 44.0 Å². The normalized spacial score (nSPS) is 18.6. The largest absolute Gasteiger partial charge is 0.369 e. The van der Waals surface area contributed by atoms with Crippen molar-refractivity contribution in [2.75, 3.05) is 37.6 Å². The van der Waals surface area contributed by atoms with Crippen LogP contribution in [0, 0.1) is 5.82 Å². The number of nitrogens with two attached hydrogens (primary N) is 1. The molecule has 2 rings (SSSR count). The van der Waals surface area contributed by atoms with Gasteiger partial charge in [0.2, 0.25) is 5.91 Å². The van der Waals surface area contributed by atoms with Gasteiger partial charge in [-0.25, -0.2) is 4.39 Å². The molecule has 1 fully saturated rings. The fraction of sp³-hybridized carbons (Fsp3) is 0.588. The summed E-state index contributed by atoms with van der Waals surface area (Å²) < 4.78 is 13.7. The van der Waals surface area contributed by atoms with Gasteiger partial charge in [-0.3, -0.25) is 4.79 Å². The Hall–Kier alpha value is -1.66. The fourth-order valence-electron chi connectivity index (χ4n) is 2.89. The zero-order valence-electron chi connectivity index (χ0n) is 14.2. The van der Waals surface area contributed by atoms with Gasteiger partial charge in [0.1, 0.15) is 5.82 Å². The maximum Gasteiger partial charge on any atom is 0.237 e. The number of nitrogens with zero attached hydrogens (tertiary/aromatic N) is 2. The van der Waals surface area contributed by atoms with Gasteiger partial charge in [0.25, 0.3) is 0 Å². The van der Waals surface area contributed by atoms with Crippen LogP contribution in [0.1, 0.15) is 32.4 Å². The standard InChI is InChI=1S/C17H27FN4O/c1-4-21-7-9-22(10-8-21)16-6-5-14(18)11-15(16)13(3)20-17(23)12(2)19/h5-6,11-13H,4,7-10,19H2,1-3H3,(H,20,23). The van der Waals surface area contributed by atoms with Gasteiger partial charge in [-0.1, -0.05) is 6.92 Å². The lowest BCUT2D eigenvalue weighted by Gasteiger charge is -2.37. The number of hydrogen-bond donors (Lipinski definition) is 2. The number of amides is 1. The number of rotatable bonds is 5. The van der Waals surface area contributed by atoms with Gasteiger partial charge in [0.05, 0.1) is 12.1 Å². The first kappa shape index (κ1) is 17.7. The summed E-state index contributed by atoms with van der Waals surface area (Å²) in [6.07, 6.45) is 0. The zero-order chi connectivity index (χ0) is 17.0. The average Bonchev–Trinajstić information content (AvgIpc) is 2.54. The summed E-state index contributed by atoms with van der Waals surface area (Å²) in [5.74, 6) is -0.527. The van der Waals surface area contributed by atoms with E-state index in [1.54, 1.807) is 13.0 Å². The van der Waals surface area contributed by atoms with Crippen molar-refractivity contribution in [1.82, 2.24) is 10.2 Å². The molecule has 0 aromatic heterocycles. The van der Waals surface area contributed by atoms with Gasteiger partial charge in [0.15, 0.2) is 0 Å². The molecule has 128 valence electrons. The van der Waals surface area contributed by atoms with Crippen molar-refractivity contribution in [3.63, 3.8) is 0 Å². The minimum absolute atomic E-state index is 0.233. The van der Waals surface area contributed by atoms with E-state index < -0.39 is 6.04 Å². The Kier molecular flexibility index (Phi) is 5.96.